The molecule has 7 aromatic rings. The summed E-state index contributed by atoms with van der Waals surface area (Å²) in [7, 11) is -20.4. The molecule has 6 N–H and O–H groups in total. The summed E-state index contributed by atoms with van der Waals surface area (Å²) in [6.45, 7) is 4.00. The van der Waals surface area contributed by atoms with Crippen molar-refractivity contribution in [3.05, 3.63) is 109 Å². The second-order valence-electron chi connectivity index (χ2n) is 12.1. The lowest BCUT2D eigenvalue weighted by Crippen LogP contribution is -2.14. The Bertz CT molecular complexity index is 3360. The van der Waals surface area contributed by atoms with Crippen molar-refractivity contribution >= 4 is 105 Å². The molecule has 1 heterocycles. The maximum absolute atomic E-state index is 13.5. The molecule has 16 nitrogen and oxygen atoms in total. The first kappa shape index (κ1) is 41.8. The van der Waals surface area contributed by atoms with Gasteiger partial charge in [-0.2, -0.15) is 30.5 Å². The smallest absolute Gasteiger partial charge is 0.295 e. The fraction of sp³-hybridized carbons (Fsp3) is 0.0541. The SMILES string of the molecule is CC.N#Cc1c(N)sc(N=Nc2ccc3cc(S(=O)(=O)Nc4cc(S(=O)(=O)O)c5cc(S(=O)(=O)O)cc(S(=O)(=O)O)c5c4)ccc3c2)c1-c1ccc2ccccc2c1. The van der Waals surface area contributed by atoms with Crippen molar-refractivity contribution in [1.29, 1.82) is 5.26 Å². The predicted octanol–water partition coefficient (Wildman–Crippen LogP) is 8.31. The number of hydrogen-bond donors (Lipinski definition) is 5. The van der Waals surface area contributed by atoms with Gasteiger partial charge in [0.1, 0.15) is 25.9 Å². The number of nitrogens with two attached hydrogens (primary N) is 1. The molecule has 0 atom stereocenters. The molecule has 0 spiro atoms. The number of anilines is 2. The number of nitrogen functional groups attached to an aromatic ring is 1. The Kier molecular flexibility index (Phi) is 11.2. The van der Waals surface area contributed by atoms with Crippen LogP contribution in [0.5, 0.6) is 0 Å². The molecule has 6 aromatic carbocycles. The van der Waals surface area contributed by atoms with E-state index in [1.165, 1.54) is 18.2 Å². The number of fused-ring (bicyclic) bond motifs is 3. The van der Waals surface area contributed by atoms with Gasteiger partial charge in [-0.05, 0) is 81.7 Å². The van der Waals surface area contributed by atoms with Crippen molar-refractivity contribution in [2.75, 3.05) is 10.5 Å². The van der Waals surface area contributed by atoms with Crippen LogP contribution in [-0.4, -0.2) is 47.3 Å². The minimum Gasteiger partial charge on any atom is -0.389 e. The number of thiophene rings is 1. The van der Waals surface area contributed by atoms with Crippen molar-refractivity contribution in [3.8, 4) is 17.2 Å². The number of azo groups is 1. The molecule has 0 aliphatic rings. The highest BCUT2D eigenvalue weighted by atomic mass is 32.2. The van der Waals surface area contributed by atoms with E-state index >= 15 is 0 Å². The summed E-state index contributed by atoms with van der Waals surface area (Å²) in [5.74, 6) is 0. The molecule has 0 aliphatic heterocycles. The molecular weight excluding hydrogens is 851 g/mol. The monoisotopic (exact) mass is 879 g/mol. The average molecular weight is 880 g/mol. The summed E-state index contributed by atoms with van der Waals surface area (Å²) in [5, 5.41) is 20.7. The molecule has 0 aliphatic carbocycles. The minimum absolute atomic E-state index is 0.267. The van der Waals surface area contributed by atoms with Crippen LogP contribution in [0.15, 0.2) is 133 Å². The molecular formula is C37H29N5O11S5. The van der Waals surface area contributed by atoms with Gasteiger partial charge in [0, 0.05) is 16.3 Å². The molecule has 0 saturated heterocycles. The number of nitrogens with zero attached hydrogens (tertiary/aromatic N) is 3. The fourth-order valence-electron chi connectivity index (χ4n) is 5.99. The second-order valence-corrected chi connectivity index (χ2v) is 19.0. The van der Waals surface area contributed by atoms with Crippen LogP contribution in [0.1, 0.15) is 19.4 Å². The largest absolute Gasteiger partial charge is 0.389 e. The van der Waals surface area contributed by atoms with Crippen molar-refractivity contribution in [2.24, 2.45) is 10.2 Å². The molecule has 0 bridgehead atoms. The predicted molar refractivity (Wildman–Crippen MR) is 220 cm³/mol. The lowest BCUT2D eigenvalue weighted by molar-refractivity contribution is 0.478. The summed E-state index contributed by atoms with van der Waals surface area (Å²) in [6, 6.07) is 26.6. The van der Waals surface area contributed by atoms with E-state index in [-0.39, 0.29) is 15.5 Å². The van der Waals surface area contributed by atoms with E-state index in [0.717, 1.165) is 33.7 Å². The van der Waals surface area contributed by atoms with E-state index in [9.17, 15) is 52.6 Å². The molecule has 0 radical (unpaired) electrons. The Morgan fingerprint density at radius 3 is 1.88 bits per heavy atom. The van der Waals surface area contributed by atoms with Crippen LogP contribution < -0.4 is 10.5 Å². The first-order chi connectivity index (χ1) is 27.2. The number of nitrogens with one attached hydrogen (secondary N) is 1. The topological polar surface area (TPSA) is 284 Å². The third-order valence-electron chi connectivity index (χ3n) is 8.50. The highest BCUT2D eigenvalue weighted by Crippen LogP contribution is 2.45. The third-order valence-corrected chi connectivity index (χ3v) is 13.4. The van der Waals surface area contributed by atoms with Crippen molar-refractivity contribution < 1.29 is 47.3 Å². The molecule has 7 rings (SSSR count). The second kappa shape index (κ2) is 15.5. The van der Waals surface area contributed by atoms with Gasteiger partial charge < -0.3 is 5.73 Å². The number of benzene rings is 6. The van der Waals surface area contributed by atoms with Gasteiger partial charge in [-0.25, -0.2) is 8.42 Å². The first-order valence-corrected chi connectivity index (χ1v) is 23.2. The first-order valence-electron chi connectivity index (χ1n) is 16.6. The Hall–Kier alpha value is -5.83. The van der Waals surface area contributed by atoms with Crippen LogP contribution in [-0.2, 0) is 40.4 Å². The Balaban J connectivity index is 0.00000279. The van der Waals surface area contributed by atoms with Crippen molar-refractivity contribution in [2.45, 2.75) is 33.4 Å². The molecule has 298 valence electrons. The van der Waals surface area contributed by atoms with Gasteiger partial charge in [0.2, 0.25) is 0 Å². The molecule has 58 heavy (non-hydrogen) atoms. The molecule has 1 aromatic heterocycles. The van der Waals surface area contributed by atoms with E-state index in [1.54, 1.807) is 18.2 Å². The van der Waals surface area contributed by atoms with E-state index in [4.69, 9.17) is 5.73 Å². The van der Waals surface area contributed by atoms with Crippen LogP contribution in [0.2, 0.25) is 0 Å². The maximum Gasteiger partial charge on any atom is 0.295 e. The third kappa shape index (κ3) is 8.40. The Morgan fingerprint density at radius 2 is 1.22 bits per heavy atom. The van der Waals surface area contributed by atoms with E-state index in [2.05, 4.69) is 21.0 Å². The normalized spacial score (nSPS) is 12.4. The molecule has 0 unspecified atom stereocenters. The van der Waals surface area contributed by atoms with Crippen LogP contribution in [0.25, 0.3) is 43.4 Å². The van der Waals surface area contributed by atoms with Crippen molar-refractivity contribution in [1.82, 2.24) is 0 Å². The molecule has 21 heteroatoms. The Morgan fingerprint density at radius 1 is 0.638 bits per heavy atom. The van der Waals surface area contributed by atoms with E-state index in [1.807, 2.05) is 56.3 Å². The lowest BCUT2D eigenvalue weighted by atomic mass is 10.00. The van der Waals surface area contributed by atoms with Crippen LogP contribution in [0, 0.1) is 11.3 Å². The molecule has 0 fully saturated rings. The zero-order chi connectivity index (χ0) is 42.4. The van der Waals surface area contributed by atoms with Gasteiger partial charge in [0.05, 0.1) is 26.7 Å². The molecule has 0 amide bonds. The van der Waals surface area contributed by atoms with Crippen molar-refractivity contribution in [3.63, 3.8) is 0 Å². The summed E-state index contributed by atoms with van der Waals surface area (Å²) in [6.07, 6.45) is 0. The van der Waals surface area contributed by atoms with Crippen LogP contribution in [0.3, 0.4) is 0 Å². The fourth-order valence-corrected chi connectivity index (χ4v) is 9.98. The number of hydrogen-bond acceptors (Lipinski definition) is 13. The van der Waals surface area contributed by atoms with Crippen LogP contribution >= 0.6 is 11.3 Å². The van der Waals surface area contributed by atoms with Gasteiger partial charge in [-0.3, -0.25) is 18.4 Å². The summed E-state index contributed by atoms with van der Waals surface area (Å²) < 4.78 is 131. The summed E-state index contributed by atoms with van der Waals surface area (Å²) in [4.78, 5) is -3.80. The average Bonchev–Trinajstić information content (AvgIpc) is 3.49. The summed E-state index contributed by atoms with van der Waals surface area (Å²) >= 11 is 1.10. The maximum atomic E-state index is 13.5. The standard InChI is InChI=1S/C35H23N5O11S5.C2H6/c36-18-30-33(23-6-5-19-3-1-2-4-20(19)11-23)35(52-34(30)37)39-38-24-9-7-22-13-26(10-8-21(22)12-24)53(41,42)40-25-14-28-29(31(15-25)55(46,47)48)16-27(54(43,44)45)17-32(28)56(49,50)51;1-2/h1-17,40H,37H2,(H,43,44,45)(H,46,47,48)(H,49,50,51);1-2H3. The molecule has 0 saturated carbocycles. The lowest BCUT2D eigenvalue weighted by Gasteiger charge is -2.14. The van der Waals surface area contributed by atoms with E-state index in [0.29, 0.717) is 45.2 Å². The van der Waals surface area contributed by atoms with Gasteiger partial charge in [0.25, 0.3) is 40.4 Å². The van der Waals surface area contributed by atoms with Gasteiger partial charge in [-0.15, -0.1) is 10.2 Å². The number of nitriles is 1. The van der Waals surface area contributed by atoms with Gasteiger partial charge in [-0.1, -0.05) is 73.7 Å². The highest BCUT2D eigenvalue weighted by molar-refractivity contribution is 7.92. The Labute approximate surface area is 336 Å². The zero-order valence-corrected chi connectivity index (χ0v) is 34.0. The number of rotatable bonds is 9. The zero-order valence-electron chi connectivity index (χ0n) is 29.9. The quantitative estimate of drug-likeness (QED) is 0.0674. The van der Waals surface area contributed by atoms with Gasteiger partial charge in [0.15, 0.2) is 0 Å². The highest BCUT2D eigenvalue weighted by Gasteiger charge is 2.27. The van der Waals surface area contributed by atoms with Crippen LogP contribution in [0.4, 0.5) is 21.4 Å². The van der Waals surface area contributed by atoms with E-state index < -0.39 is 71.5 Å². The number of sulfonamides is 1. The van der Waals surface area contributed by atoms with Gasteiger partial charge >= 0.3 is 0 Å². The summed E-state index contributed by atoms with van der Waals surface area (Å²) in [5.41, 5.74) is 7.48. The minimum atomic E-state index is -5.32.